The lowest BCUT2D eigenvalue weighted by molar-refractivity contribution is 0.0165. The van der Waals surface area contributed by atoms with Crippen LogP contribution in [0.5, 0.6) is 0 Å². The lowest BCUT2D eigenvalue weighted by Gasteiger charge is -2.18. The highest BCUT2D eigenvalue weighted by molar-refractivity contribution is 7.80. The molecule has 0 radical (unpaired) electrons. The highest BCUT2D eigenvalue weighted by Crippen LogP contribution is 2.28. The van der Waals surface area contributed by atoms with Crippen LogP contribution >= 0.6 is 12.6 Å². The molecule has 108 valence electrons. The van der Waals surface area contributed by atoms with Crippen LogP contribution in [0.1, 0.15) is 46.8 Å². The van der Waals surface area contributed by atoms with Crippen molar-refractivity contribution in [3.05, 3.63) is 22.5 Å². The van der Waals surface area contributed by atoms with Gasteiger partial charge in [-0.05, 0) is 38.5 Å². The molecule has 1 aromatic rings. The Balaban J connectivity index is 3.06. The number of hydrogen-bond acceptors (Lipinski definition) is 5. The first kappa shape index (κ1) is 16.1. The number of H-pyrrole nitrogens is 1. The molecule has 0 aliphatic heterocycles. The molecule has 0 bridgehead atoms. The van der Waals surface area contributed by atoms with Crippen LogP contribution in [-0.4, -0.2) is 39.6 Å². The average molecular weight is 287 g/mol. The maximum atomic E-state index is 11.7. The van der Waals surface area contributed by atoms with Gasteiger partial charge in [-0.1, -0.05) is 0 Å². The Bertz CT molecular complexity index is 444. The zero-order chi connectivity index (χ0) is 14.6. The number of aliphatic hydroxyl groups excluding tert-OH is 2. The van der Waals surface area contributed by atoms with Gasteiger partial charge >= 0.3 is 5.97 Å². The molecule has 0 spiro atoms. The van der Waals surface area contributed by atoms with Crippen molar-refractivity contribution in [2.75, 3.05) is 12.4 Å². The minimum atomic E-state index is -1.04. The molecule has 0 saturated heterocycles. The smallest absolute Gasteiger partial charge is 0.355 e. The number of nitrogens with one attached hydrogen (secondary N) is 1. The number of aliphatic hydroxyl groups is 2. The van der Waals surface area contributed by atoms with Crippen molar-refractivity contribution < 1.29 is 19.7 Å². The summed E-state index contributed by atoms with van der Waals surface area (Å²) in [6, 6.07) is 0. The summed E-state index contributed by atoms with van der Waals surface area (Å²) >= 11 is 4.03. The van der Waals surface area contributed by atoms with E-state index in [1.807, 2.05) is 0 Å². The largest absolute Gasteiger partial charge is 0.461 e. The Morgan fingerprint density at radius 1 is 1.42 bits per heavy atom. The Hall–Kier alpha value is -0.980. The minimum absolute atomic E-state index is 0.288. The highest BCUT2D eigenvalue weighted by Gasteiger charge is 2.26. The van der Waals surface area contributed by atoms with Crippen LogP contribution in [0.15, 0.2) is 0 Å². The summed E-state index contributed by atoms with van der Waals surface area (Å²) in [7, 11) is 0. The number of esters is 1. The van der Waals surface area contributed by atoms with Crippen molar-refractivity contribution in [3.63, 3.8) is 0 Å². The van der Waals surface area contributed by atoms with Crippen LogP contribution in [0.4, 0.5) is 0 Å². The van der Waals surface area contributed by atoms with Gasteiger partial charge in [0.05, 0.1) is 12.7 Å². The van der Waals surface area contributed by atoms with Gasteiger partial charge in [-0.3, -0.25) is 0 Å². The molecule has 1 heterocycles. The van der Waals surface area contributed by atoms with Gasteiger partial charge in [-0.25, -0.2) is 4.79 Å². The van der Waals surface area contributed by atoms with Crippen LogP contribution in [0.2, 0.25) is 0 Å². The number of aromatic amines is 1. The van der Waals surface area contributed by atoms with E-state index in [1.54, 1.807) is 20.8 Å². The molecule has 1 rings (SSSR count). The van der Waals surface area contributed by atoms with E-state index in [-0.39, 0.29) is 6.61 Å². The second-order valence-corrected chi connectivity index (χ2v) is 4.86. The van der Waals surface area contributed by atoms with Crippen LogP contribution in [-0.2, 0) is 4.74 Å². The van der Waals surface area contributed by atoms with Gasteiger partial charge in [-0.15, -0.1) is 0 Å². The maximum Gasteiger partial charge on any atom is 0.355 e. The van der Waals surface area contributed by atoms with Gasteiger partial charge < -0.3 is 19.9 Å². The monoisotopic (exact) mass is 287 g/mol. The van der Waals surface area contributed by atoms with Gasteiger partial charge in [0.2, 0.25) is 0 Å². The normalized spacial score (nSPS) is 14.2. The number of rotatable bonds is 6. The first-order valence-corrected chi connectivity index (χ1v) is 6.90. The topological polar surface area (TPSA) is 82.6 Å². The summed E-state index contributed by atoms with van der Waals surface area (Å²) in [6.45, 7) is 5.50. The van der Waals surface area contributed by atoms with E-state index in [0.717, 1.165) is 0 Å². The van der Waals surface area contributed by atoms with Gasteiger partial charge in [0.15, 0.2) is 0 Å². The van der Waals surface area contributed by atoms with Crippen molar-refractivity contribution in [1.29, 1.82) is 0 Å². The number of aryl methyl sites for hydroxylation is 1. The molecular weight excluding hydrogens is 266 g/mol. The van der Waals surface area contributed by atoms with Gasteiger partial charge in [-0.2, -0.15) is 12.6 Å². The third kappa shape index (κ3) is 3.52. The average Bonchev–Trinajstić information content (AvgIpc) is 2.65. The molecule has 3 N–H and O–H groups in total. The Labute approximate surface area is 118 Å². The van der Waals surface area contributed by atoms with Gasteiger partial charge in [0.25, 0.3) is 0 Å². The van der Waals surface area contributed by atoms with Crippen molar-refractivity contribution in [2.24, 2.45) is 0 Å². The zero-order valence-corrected chi connectivity index (χ0v) is 12.3. The summed E-state index contributed by atoms with van der Waals surface area (Å²) in [5, 5.41) is 20.0. The molecule has 0 amide bonds. The zero-order valence-electron chi connectivity index (χ0n) is 11.4. The lowest BCUT2D eigenvalue weighted by atomic mass is 9.99. The second kappa shape index (κ2) is 6.98. The van der Waals surface area contributed by atoms with Crippen molar-refractivity contribution in [2.45, 2.75) is 39.4 Å². The third-order valence-corrected chi connectivity index (χ3v) is 3.32. The van der Waals surface area contributed by atoms with Crippen LogP contribution in [0.25, 0.3) is 0 Å². The predicted octanol–water partition coefficient (Wildman–Crippen LogP) is 1.52. The summed E-state index contributed by atoms with van der Waals surface area (Å²) in [4.78, 5) is 14.7. The van der Waals surface area contributed by atoms with Crippen LogP contribution in [0, 0.1) is 13.8 Å². The fourth-order valence-electron chi connectivity index (χ4n) is 2.10. The summed E-state index contributed by atoms with van der Waals surface area (Å²) in [5.41, 5.74) is 2.15. The van der Waals surface area contributed by atoms with Gasteiger partial charge in [0, 0.05) is 11.3 Å². The summed E-state index contributed by atoms with van der Waals surface area (Å²) < 4.78 is 4.94. The molecule has 0 fully saturated rings. The molecule has 5 nitrogen and oxygen atoms in total. The quantitative estimate of drug-likeness (QED) is 0.472. The van der Waals surface area contributed by atoms with Crippen LogP contribution < -0.4 is 0 Å². The molecule has 0 aromatic carbocycles. The van der Waals surface area contributed by atoms with E-state index >= 15 is 0 Å². The number of aromatic nitrogens is 1. The Kier molecular flexibility index (Phi) is 5.90. The van der Waals surface area contributed by atoms with E-state index < -0.39 is 18.2 Å². The van der Waals surface area contributed by atoms with E-state index in [1.165, 1.54) is 0 Å². The fraction of sp³-hybridized carbons (Fsp3) is 0.615. The Morgan fingerprint density at radius 3 is 2.58 bits per heavy atom. The Morgan fingerprint density at radius 2 is 2.05 bits per heavy atom. The standard InChI is InChI=1S/C13H21NO4S/c1-4-18-13(17)11-7(2)10(8(3)14-11)12(16)9(15)5-6-19/h9,12,14-16,19H,4-6H2,1-3H3. The first-order valence-electron chi connectivity index (χ1n) is 6.27. The number of hydrogen-bond donors (Lipinski definition) is 4. The molecule has 2 unspecified atom stereocenters. The second-order valence-electron chi connectivity index (χ2n) is 4.41. The molecular formula is C13H21NO4S. The van der Waals surface area contributed by atoms with E-state index in [4.69, 9.17) is 4.74 Å². The third-order valence-electron chi connectivity index (χ3n) is 3.06. The molecule has 19 heavy (non-hydrogen) atoms. The van der Waals surface area contributed by atoms with E-state index in [9.17, 15) is 15.0 Å². The number of carbonyl (C=O) groups excluding carboxylic acids is 1. The fourth-order valence-corrected chi connectivity index (χ4v) is 2.36. The molecule has 0 aliphatic rings. The number of ether oxygens (including phenoxy) is 1. The number of carbonyl (C=O) groups is 1. The highest BCUT2D eigenvalue weighted by atomic mass is 32.1. The maximum absolute atomic E-state index is 11.7. The van der Waals surface area contributed by atoms with E-state index in [0.29, 0.717) is 34.7 Å². The first-order chi connectivity index (χ1) is 8.93. The summed E-state index contributed by atoms with van der Waals surface area (Å²) in [5.74, 6) is 0.0242. The van der Waals surface area contributed by atoms with Crippen molar-refractivity contribution in [3.8, 4) is 0 Å². The summed E-state index contributed by atoms with van der Waals surface area (Å²) in [6.07, 6.45) is -1.56. The molecule has 6 heteroatoms. The van der Waals surface area contributed by atoms with Crippen LogP contribution in [0.3, 0.4) is 0 Å². The molecule has 2 atom stereocenters. The minimum Gasteiger partial charge on any atom is -0.461 e. The van der Waals surface area contributed by atoms with Crippen molar-refractivity contribution >= 4 is 18.6 Å². The molecule has 1 aromatic heterocycles. The predicted molar refractivity (Wildman–Crippen MR) is 75.7 cm³/mol. The van der Waals surface area contributed by atoms with E-state index in [2.05, 4.69) is 17.6 Å². The SMILES string of the molecule is CCOC(=O)c1[nH]c(C)c(C(O)C(O)CCS)c1C. The lowest BCUT2D eigenvalue weighted by Crippen LogP contribution is -2.20. The number of thiol groups is 1. The molecule has 0 saturated carbocycles. The van der Waals surface area contributed by atoms with Crippen molar-refractivity contribution in [1.82, 2.24) is 4.98 Å². The van der Waals surface area contributed by atoms with Gasteiger partial charge in [0.1, 0.15) is 11.8 Å². The molecule has 0 aliphatic carbocycles.